The summed E-state index contributed by atoms with van der Waals surface area (Å²) in [5.74, 6) is 0. The van der Waals surface area contributed by atoms with E-state index in [1.807, 2.05) is 12.4 Å². The van der Waals surface area contributed by atoms with Crippen LogP contribution in [0.4, 0.5) is 0 Å². The Morgan fingerprint density at radius 3 is 2.54 bits per heavy atom. The van der Waals surface area contributed by atoms with Gasteiger partial charge in [-0.05, 0) is 62.8 Å². The molecule has 3 aromatic rings. The summed E-state index contributed by atoms with van der Waals surface area (Å²) in [7, 11) is 2.22. The summed E-state index contributed by atoms with van der Waals surface area (Å²) in [5.41, 5.74) is 3.55. The van der Waals surface area contributed by atoms with Crippen molar-refractivity contribution in [2.75, 3.05) is 20.1 Å². The maximum atomic E-state index is 4.90. The van der Waals surface area contributed by atoms with Crippen LogP contribution in [0.5, 0.6) is 0 Å². The SMILES string of the molecule is CN1CCC(N(Cc2ccncc2)Cc2ccc3ccccc3n2)CC1. The number of rotatable bonds is 5. The van der Waals surface area contributed by atoms with Crippen LogP contribution in [0.25, 0.3) is 10.9 Å². The Morgan fingerprint density at radius 2 is 1.73 bits per heavy atom. The summed E-state index contributed by atoms with van der Waals surface area (Å²) in [5, 5.41) is 1.20. The standard InChI is InChI=1S/C22H26N4/c1-25-14-10-21(11-15-25)26(16-18-8-12-23-13-9-18)17-20-7-6-19-4-2-3-5-22(19)24-20/h2-9,12-13,21H,10-11,14-17H2,1H3. The highest BCUT2D eigenvalue weighted by Crippen LogP contribution is 2.21. The Morgan fingerprint density at radius 1 is 0.962 bits per heavy atom. The van der Waals surface area contributed by atoms with Crippen LogP contribution in [0.3, 0.4) is 0 Å². The van der Waals surface area contributed by atoms with Crippen molar-refractivity contribution in [3.05, 3.63) is 72.2 Å². The number of likely N-dealkylation sites (tertiary alicyclic amines) is 1. The second-order valence-electron chi connectivity index (χ2n) is 7.29. The van der Waals surface area contributed by atoms with Crippen molar-refractivity contribution >= 4 is 10.9 Å². The molecular weight excluding hydrogens is 320 g/mol. The largest absolute Gasteiger partial charge is 0.306 e. The van der Waals surface area contributed by atoms with Crippen LogP contribution >= 0.6 is 0 Å². The molecule has 0 unspecified atom stereocenters. The fourth-order valence-corrected chi connectivity index (χ4v) is 3.80. The normalized spacial score (nSPS) is 16.4. The predicted octanol–water partition coefficient (Wildman–Crippen LogP) is 3.73. The second-order valence-corrected chi connectivity index (χ2v) is 7.29. The molecule has 0 saturated carbocycles. The molecule has 134 valence electrons. The lowest BCUT2D eigenvalue weighted by molar-refractivity contribution is 0.107. The molecule has 26 heavy (non-hydrogen) atoms. The number of hydrogen-bond donors (Lipinski definition) is 0. The molecule has 4 nitrogen and oxygen atoms in total. The molecular formula is C22H26N4. The van der Waals surface area contributed by atoms with Crippen molar-refractivity contribution < 1.29 is 0 Å². The molecule has 0 radical (unpaired) electrons. The van der Waals surface area contributed by atoms with Crippen LogP contribution < -0.4 is 0 Å². The number of benzene rings is 1. The molecule has 1 aromatic carbocycles. The number of pyridine rings is 2. The van der Waals surface area contributed by atoms with Crippen molar-refractivity contribution in [3.8, 4) is 0 Å². The first-order chi connectivity index (χ1) is 12.8. The lowest BCUT2D eigenvalue weighted by Crippen LogP contribution is -2.43. The van der Waals surface area contributed by atoms with E-state index < -0.39 is 0 Å². The highest BCUT2D eigenvalue weighted by molar-refractivity contribution is 5.78. The van der Waals surface area contributed by atoms with Gasteiger partial charge in [0.15, 0.2) is 0 Å². The molecule has 1 aliphatic rings. The smallest absolute Gasteiger partial charge is 0.0705 e. The van der Waals surface area contributed by atoms with E-state index >= 15 is 0 Å². The number of piperidine rings is 1. The summed E-state index contributed by atoms with van der Waals surface area (Å²) in [6, 6.07) is 17.6. The zero-order valence-corrected chi connectivity index (χ0v) is 15.4. The zero-order chi connectivity index (χ0) is 17.8. The van der Waals surface area contributed by atoms with E-state index in [1.54, 1.807) is 0 Å². The third-order valence-electron chi connectivity index (χ3n) is 5.36. The lowest BCUT2D eigenvalue weighted by atomic mass is 10.0. The van der Waals surface area contributed by atoms with E-state index in [-0.39, 0.29) is 0 Å². The molecule has 0 N–H and O–H groups in total. The molecule has 1 fully saturated rings. The Bertz CT molecular complexity index is 841. The van der Waals surface area contributed by atoms with E-state index in [0.717, 1.165) is 24.3 Å². The Balaban J connectivity index is 1.56. The maximum absolute atomic E-state index is 4.90. The van der Waals surface area contributed by atoms with Crippen molar-refractivity contribution in [1.29, 1.82) is 0 Å². The second kappa shape index (κ2) is 7.94. The first-order valence-electron chi connectivity index (χ1n) is 9.44. The summed E-state index contributed by atoms with van der Waals surface area (Å²) in [4.78, 5) is 14.1. The lowest BCUT2D eigenvalue weighted by Gasteiger charge is -2.37. The maximum Gasteiger partial charge on any atom is 0.0705 e. The fourth-order valence-electron chi connectivity index (χ4n) is 3.80. The minimum Gasteiger partial charge on any atom is -0.306 e. The third-order valence-corrected chi connectivity index (χ3v) is 5.36. The van der Waals surface area contributed by atoms with E-state index in [2.05, 4.69) is 70.4 Å². The van der Waals surface area contributed by atoms with Crippen LogP contribution in [0.1, 0.15) is 24.1 Å². The number of hydrogen-bond acceptors (Lipinski definition) is 4. The predicted molar refractivity (Wildman–Crippen MR) is 106 cm³/mol. The molecule has 0 bridgehead atoms. The van der Waals surface area contributed by atoms with E-state index in [4.69, 9.17) is 4.98 Å². The van der Waals surface area contributed by atoms with Gasteiger partial charge in [0, 0.05) is 36.9 Å². The Labute approximate surface area is 155 Å². The van der Waals surface area contributed by atoms with Crippen LogP contribution in [0.2, 0.25) is 0 Å². The van der Waals surface area contributed by atoms with E-state index in [9.17, 15) is 0 Å². The number of fused-ring (bicyclic) bond motifs is 1. The van der Waals surface area contributed by atoms with Crippen LogP contribution in [-0.4, -0.2) is 45.9 Å². The van der Waals surface area contributed by atoms with Gasteiger partial charge in [-0.15, -0.1) is 0 Å². The monoisotopic (exact) mass is 346 g/mol. The van der Waals surface area contributed by atoms with Gasteiger partial charge < -0.3 is 4.90 Å². The van der Waals surface area contributed by atoms with Gasteiger partial charge in [-0.1, -0.05) is 24.3 Å². The quantitative estimate of drug-likeness (QED) is 0.705. The topological polar surface area (TPSA) is 32.3 Å². The zero-order valence-electron chi connectivity index (χ0n) is 15.4. The van der Waals surface area contributed by atoms with Crippen molar-refractivity contribution in [2.24, 2.45) is 0 Å². The third kappa shape index (κ3) is 4.09. The van der Waals surface area contributed by atoms with Crippen molar-refractivity contribution in [2.45, 2.75) is 32.0 Å². The number of nitrogens with zero attached hydrogens (tertiary/aromatic N) is 4. The molecule has 4 rings (SSSR count). The van der Waals surface area contributed by atoms with Crippen molar-refractivity contribution in [3.63, 3.8) is 0 Å². The fraction of sp³-hybridized carbons (Fsp3) is 0.364. The Hall–Kier alpha value is -2.30. The molecule has 3 heterocycles. The first kappa shape index (κ1) is 17.1. The highest BCUT2D eigenvalue weighted by atomic mass is 15.2. The average Bonchev–Trinajstić information content (AvgIpc) is 2.69. The van der Waals surface area contributed by atoms with Gasteiger partial charge in [0.1, 0.15) is 0 Å². The van der Waals surface area contributed by atoms with Gasteiger partial charge in [-0.2, -0.15) is 0 Å². The Kier molecular flexibility index (Phi) is 5.23. The summed E-state index contributed by atoms with van der Waals surface area (Å²) >= 11 is 0. The summed E-state index contributed by atoms with van der Waals surface area (Å²) in [6.45, 7) is 4.18. The molecule has 0 spiro atoms. The molecule has 2 aromatic heterocycles. The van der Waals surface area contributed by atoms with Crippen molar-refractivity contribution in [1.82, 2.24) is 19.8 Å². The van der Waals surface area contributed by atoms with Crippen LogP contribution in [0.15, 0.2) is 60.9 Å². The molecule has 0 atom stereocenters. The number of aromatic nitrogens is 2. The molecule has 1 aliphatic heterocycles. The number of para-hydroxylation sites is 1. The molecule has 1 saturated heterocycles. The van der Waals surface area contributed by atoms with E-state index in [0.29, 0.717) is 6.04 Å². The van der Waals surface area contributed by atoms with Gasteiger partial charge >= 0.3 is 0 Å². The van der Waals surface area contributed by atoms with Gasteiger partial charge in [-0.3, -0.25) is 14.9 Å². The summed E-state index contributed by atoms with van der Waals surface area (Å²) in [6.07, 6.45) is 6.21. The van der Waals surface area contributed by atoms with Gasteiger partial charge in [-0.25, -0.2) is 0 Å². The minimum absolute atomic E-state index is 0.604. The molecule has 4 heteroatoms. The average molecular weight is 346 g/mol. The molecule has 0 aliphatic carbocycles. The minimum atomic E-state index is 0.604. The summed E-state index contributed by atoms with van der Waals surface area (Å²) < 4.78 is 0. The van der Waals surface area contributed by atoms with Gasteiger partial charge in [0.2, 0.25) is 0 Å². The van der Waals surface area contributed by atoms with Crippen LogP contribution in [-0.2, 0) is 13.1 Å². The molecule has 0 amide bonds. The van der Waals surface area contributed by atoms with Crippen LogP contribution in [0, 0.1) is 0 Å². The van der Waals surface area contributed by atoms with E-state index in [1.165, 1.54) is 36.9 Å². The van der Waals surface area contributed by atoms with Gasteiger partial charge in [0.05, 0.1) is 11.2 Å². The van der Waals surface area contributed by atoms with Gasteiger partial charge in [0.25, 0.3) is 0 Å². The first-order valence-corrected chi connectivity index (χ1v) is 9.44. The highest BCUT2D eigenvalue weighted by Gasteiger charge is 2.23.